The summed E-state index contributed by atoms with van der Waals surface area (Å²) in [4.78, 5) is 0. The lowest BCUT2D eigenvalue weighted by Gasteiger charge is -2.11. The van der Waals surface area contributed by atoms with Gasteiger partial charge in [-0.2, -0.15) is 0 Å². The third-order valence-corrected chi connectivity index (χ3v) is 2.63. The van der Waals surface area contributed by atoms with Gasteiger partial charge in [-0.25, -0.2) is 0 Å². The van der Waals surface area contributed by atoms with Gasteiger partial charge < -0.3 is 4.74 Å². The zero-order chi connectivity index (χ0) is 10.7. The van der Waals surface area contributed by atoms with Gasteiger partial charge in [-0.05, 0) is 24.3 Å². The quantitative estimate of drug-likeness (QED) is 0.732. The highest BCUT2D eigenvalue weighted by Crippen LogP contribution is 2.30. The number of ether oxygens (including phenoxy) is 1. The molecular weight excluding hydrogens is 184 g/mol. The monoisotopic (exact) mass is 200 g/mol. The summed E-state index contributed by atoms with van der Waals surface area (Å²) in [5.41, 5.74) is 1.29. The Morgan fingerprint density at radius 2 is 1.80 bits per heavy atom. The maximum Gasteiger partial charge on any atom is 0.130 e. The lowest BCUT2D eigenvalue weighted by molar-refractivity contribution is 0.341. The van der Waals surface area contributed by atoms with Gasteiger partial charge in [0.1, 0.15) is 5.75 Å². The summed E-state index contributed by atoms with van der Waals surface area (Å²) in [6, 6.07) is 12.7. The normalized spacial score (nSPS) is 10.5. The predicted molar refractivity (Wildman–Crippen MR) is 64.5 cm³/mol. The molecule has 0 spiro atoms. The van der Waals surface area contributed by atoms with Crippen molar-refractivity contribution in [3.05, 3.63) is 42.0 Å². The molecule has 78 valence electrons. The number of benzene rings is 2. The average Bonchev–Trinajstić information content (AvgIpc) is 2.30. The lowest BCUT2D eigenvalue weighted by Crippen LogP contribution is -1.96. The molecule has 0 aromatic heterocycles. The molecule has 2 aromatic carbocycles. The van der Waals surface area contributed by atoms with Crippen molar-refractivity contribution < 1.29 is 4.74 Å². The van der Waals surface area contributed by atoms with E-state index in [4.69, 9.17) is 4.74 Å². The Bertz CT molecular complexity index is 460. The number of hydrogen-bond acceptors (Lipinski definition) is 1. The highest BCUT2D eigenvalue weighted by Gasteiger charge is 2.06. The highest BCUT2D eigenvalue weighted by molar-refractivity contribution is 5.89. The summed E-state index contributed by atoms with van der Waals surface area (Å²) >= 11 is 0. The standard InChI is InChI=1S/C14H16O/c1-3-11-9-10-12-7-5-6-8-13(12)14(11)15-4-2/h5-10H,3-4H2,1-2H3. The Kier molecular flexibility index (Phi) is 2.91. The summed E-state index contributed by atoms with van der Waals surface area (Å²) in [5, 5.41) is 2.47. The molecule has 2 rings (SSSR count). The number of rotatable bonds is 3. The zero-order valence-corrected chi connectivity index (χ0v) is 9.29. The molecule has 0 heterocycles. The predicted octanol–water partition coefficient (Wildman–Crippen LogP) is 3.80. The van der Waals surface area contributed by atoms with E-state index in [1.54, 1.807) is 0 Å². The minimum absolute atomic E-state index is 0.723. The average molecular weight is 200 g/mol. The first-order valence-electron chi connectivity index (χ1n) is 5.50. The molecule has 0 aliphatic rings. The van der Waals surface area contributed by atoms with E-state index in [0.29, 0.717) is 0 Å². The van der Waals surface area contributed by atoms with E-state index >= 15 is 0 Å². The summed E-state index contributed by atoms with van der Waals surface area (Å²) in [7, 11) is 0. The Balaban J connectivity index is 2.67. The Morgan fingerprint density at radius 3 is 2.53 bits per heavy atom. The van der Waals surface area contributed by atoms with Crippen LogP contribution in [0.5, 0.6) is 5.75 Å². The first-order valence-corrected chi connectivity index (χ1v) is 5.50. The second kappa shape index (κ2) is 4.35. The largest absolute Gasteiger partial charge is 0.493 e. The van der Waals surface area contributed by atoms with Gasteiger partial charge in [0.25, 0.3) is 0 Å². The Morgan fingerprint density at radius 1 is 1.00 bits per heavy atom. The molecule has 15 heavy (non-hydrogen) atoms. The van der Waals surface area contributed by atoms with Crippen molar-refractivity contribution in [2.45, 2.75) is 20.3 Å². The second-order valence-electron chi connectivity index (χ2n) is 3.56. The van der Waals surface area contributed by atoms with Gasteiger partial charge in [-0.15, -0.1) is 0 Å². The Labute approximate surface area is 90.7 Å². The van der Waals surface area contributed by atoms with E-state index < -0.39 is 0 Å². The minimum Gasteiger partial charge on any atom is -0.493 e. The molecule has 0 radical (unpaired) electrons. The van der Waals surface area contributed by atoms with Crippen LogP contribution in [0.3, 0.4) is 0 Å². The molecule has 2 aromatic rings. The molecule has 1 heteroatoms. The number of aryl methyl sites for hydroxylation is 1. The summed E-state index contributed by atoms with van der Waals surface area (Å²) in [6.45, 7) is 4.91. The van der Waals surface area contributed by atoms with Crippen LogP contribution in [-0.2, 0) is 6.42 Å². The molecule has 1 nitrogen and oxygen atoms in total. The fourth-order valence-electron chi connectivity index (χ4n) is 1.88. The lowest BCUT2D eigenvalue weighted by atomic mass is 10.0. The van der Waals surface area contributed by atoms with E-state index in [0.717, 1.165) is 18.8 Å². The van der Waals surface area contributed by atoms with Crippen LogP contribution in [0.1, 0.15) is 19.4 Å². The smallest absolute Gasteiger partial charge is 0.130 e. The van der Waals surface area contributed by atoms with Crippen LogP contribution in [0.25, 0.3) is 10.8 Å². The fraction of sp³-hybridized carbons (Fsp3) is 0.286. The van der Waals surface area contributed by atoms with E-state index in [9.17, 15) is 0 Å². The molecule has 0 saturated carbocycles. The molecule has 0 atom stereocenters. The van der Waals surface area contributed by atoms with Crippen molar-refractivity contribution in [2.24, 2.45) is 0 Å². The first-order chi connectivity index (χ1) is 7.36. The van der Waals surface area contributed by atoms with Crippen molar-refractivity contribution in [1.82, 2.24) is 0 Å². The van der Waals surface area contributed by atoms with Gasteiger partial charge in [0, 0.05) is 5.39 Å². The van der Waals surface area contributed by atoms with Gasteiger partial charge in [-0.1, -0.05) is 43.3 Å². The minimum atomic E-state index is 0.723. The van der Waals surface area contributed by atoms with Crippen molar-refractivity contribution in [2.75, 3.05) is 6.61 Å². The van der Waals surface area contributed by atoms with Crippen LogP contribution >= 0.6 is 0 Å². The van der Waals surface area contributed by atoms with Crippen molar-refractivity contribution >= 4 is 10.8 Å². The molecule has 0 saturated heterocycles. The second-order valence-corrected chi connectivity index (χ2v) is 3.56. The third kappa shape index (κ3) is 1.82. The van der Waals surface area contributed by atoms with Crippen molar-refractivity contribution in [3.8, 4) is 5.75 Å². The van der Waals surface area contributed by atoms with Crippen molar-refractivity contribution in [1.29, 1.82) is 0 Å². The van der Waals surface area contributed by atoms with E-state index in [2.05, 4.69) is 43.3 Å². The molecule has 0 fully saturated rings. The molecule has 0 amide bonds. The van der Waals surface area contributed by atoms with Crippen LogP contribution in [0.4, 0.5) is 0 Å². The van der Waals surface area contributed by atoms with Crippen LogP contribution in [0.2, 0.25) is 0 Å². The van der Waals surface area contributed by atoms with Gasteiger partial charge in [-0.3, -0.25) is 0 Å². The fourth-order valence-corrected chi connectivity index (χ4v) is 1.88. The number of hydrogen-bond donors (Lipinski definition) is 0. The summed E-state index contributed by atoms with van der Waals surface area (Å²) < 4.78 is 5.74. The van der Waals surface area contributed by atoms with E-state index in [1.807, 2.05) is 6.92 Å². The van der Waals surface area contributed by atoms with E-state index in [-0.39, 0.29) is 0 Å². The molecule has 0 bridgehead atoms. The highest BCUT2D eigenvalue weighted by atomic mass is 16.5. The SMILES string of the molecule is CCOc1c(CC)ccc2ccccc12. The van der Waals surface area contributed by atoms with Crippen molar-refractivity contribution in [3.63, 3.8) is 0 Å². The maximum atomic E-state index is 5.74. The molecule has 0 aliphatic carbocycles. The van der Waals surface area contributed by atoms with Crippen LogP contribution in [-0.4, -0.2) is 6.61 Å². The molecule has 0 N–H and O–H groups in total. The van der Waals surface area contributed by atoms with E-state index in [1.165, 1.54) is 16.3 Å². The molecule has 0 aliphatic heterocycles. The van der Waals surface area contributed by atoms with Crippen LogP contribution in [0, 0.1) is 0 Å². The zero-order valence-electron chi connectivity index (χ0n) is 9.29. The van der Waals surface area contributed by atoms with Gasteiger partial charge in [0.15, 0.2) is 0 Å². The molecular formula is C14H16O. The van der Waals surface area contributed by atoms with Gasteiger partial charge >= 0.3 is 0 Å². The van der Waals surface area contributed by atoms with Gasteiger partial charge in [0.05, 0.1) is 6.61 Å². The Hall–Kier alpha value is -1.50. The molecule has 0 unspecified atom stereocenters. The van der Waals surface area contributed by atoms with Gasteiger partial charge in [0.2, 0.25) is 0 Å². The number of fused-ring (bicyclic) bond motifs is 1. The maximum absolute atomic E-state index is 5.74. The summed E-state index contributed by atoms with van der Waals surface area (Å²) in [5.74, 6) is 1.05. The van der Waals surface area contributed by atoms with Crippen LogP contribution in [0.15, 0.2) is 36.4 Å². The van der Waals surface area contributed by atoms with Crippen LogP contribution < -0.4 is 4.74 Å². The third-order valence-electron chi connectivity index (χ3n) is 2.63. The first kappa shape index (κ1) is 10.0. The summed E-state index contributed by atoms with van der Waals surface area (Å²) in [6.07, 6.45) is 1.01. The topological polar surface area (TPSA) is 9.23 Å².